The average molecular weight is 510 g/mol. The fraction of sp³-hybridized carbons (Fsp3) is 0.481. The lowest BCUT2D eigenvalue weighted by Crippen LogP contribution is -2.35. The van der Waals surface area contributed by atoms with Crippen molar-refractivity contribution >= 4 is 32.6 Å². The number of unbranched alkanes of at least 4 members (excludes halogenated alkanes) is 1. The third-order valence-corrected chi connectivity index (χ3v) is 9.07. The van der Waals surface area contributed by atoms with Crippen LogP contribution in [0, 0.1) is 0 Å². The molecule has 8 nitrogen and oxygen atoms in total. The highest BCUT2D eigenvalue weighted by atomic mass is 32.2. The Kier molecular flexibility index (Phi) is 7.41. The van der Waals surface area contributed by atoms with E-state index in [-0.39, 0.29) is 6.10 Å². The van der Waals surface area contributed by atoms with Crippen molar-refractivity contribution in [3.8, 4) is 5.69 Å². The second-order valence-electron chi connectivity index (χ2n) is 9.74. The molecule has 2 N–H and O–H groups in total. The third kappa shape index (κ3) is 5.05. The fourth-order valence-corrected chi connectivity index (χ4v) is 6.54. The summed E-state index contributed by atoms with van der Waals surface area (Å²) in [5, 5.41) is 13.3. The Bertz CT molecular complexity index is 1340. The lowest BCUT2D eigenvalue weighted by molar-refractivity contribution is 0.166. The molecule has 2 aliphatic rings. The van der Waals surface area contributed by atoms with Gasteiger partial charge >= 0.3 is 0 Å². The Hall–Kier alpha value is -2.75. The molecule has 192 valence electrons. The zero-order valence-corrected chi connectivity index (χ0v) is 21.7. The summed E-state index contributed by atoms with van der Waals surface area (Å²) in [6.07, 6.45) is 12.9. The van der Waals surface area contributed by atoms with Crippen LogP contribution < -0.4 is 5.32 Å². The molecule has 1 fully saturated rings. The van der Waals surface area contributed by atoms with Gasteiger partial charge in [-0.05, 0) is 68.4 Å². The van der Waals surface area contributed by atoms with Crippen molar-refractivity contribution in [3.05, 3.63) is 48.3 Å². The maximum atomic E-state index is 13.1. The molecule has 9 heteroatoms. The molecule has 3 aromatic rings. The van der Waals surface area contributed by atoms with Crippen LogP contribution in [0.15, 0.2) is 47.6 Å². The maximum absolute atomic E-state index is 13.1. The Morgan fingerprint density at radius 1 is 1.14 bits per heavy atom. The number of hydrogen-bond acceptors (Lipinski definition) is 6. The molecule has 0 radical (unpaired) electrons. The van der Waals surface area contributed by atoms with Crippen LogP contribution in [0.1, 0.15) is 63.9 Å². The summed E-state index contributed by atoms with van der Waals surface area (Å²) in [6.45, 7) is 4.15. The number of aliphatic hydroxyl groups excluding tert-OH is 1. The summed E-state index contributed by atoms with van der Waals surface area (Å²) in [6, 6.07) is 7.10. The number of hydrogen-bond donors (Lipinski definition) is 2. The minimum absolute atomic E-state index is 0.294. The predicted octanol–water partition coefficient (Wildman–Crippen LogP) is 4.74. The van der Waals surface area contributed by atoms with Crippen LogP contribution >= 0.6 is 0 Å². The molecule has 0 amide bonds. The molecule has 1 aliphatic carbocycles. The van der Waals surface area contributed by atoms with Crippen molar-refractivity contribution in [3.63, 3.8) is 0 Å². The number of nitrogens with zero attached hydrogens (tertiary/aromatic N) is 4. The monoisotopic (exact) mass is 509 g/mol. The van der Waals surface area contributed by atoms with Crippen molar-refractivity contribution in [2.75, 3.05) is 25.0 Å². The average Bonchev–Trinajstić information content (AvgIpc) is 3.29. The van der Waals surface area contributed by atoms with Crippen molar-refractivity contribution in [1.82, 2.24) is 18.8 Å². The van der Waals surface area contributed by atoms with Gasteiger partial charge in [0.25, 0.3) is 0 Å². The van der Waals surface area contributed by atoms with Crippen LogP contribution in [0.25, 0.3) is 22.3 Å². The number of sulfonamides is 1. The summed E-state index contributed by atoms with van der Waals surface area (Å²) in [7, 11) is -3.48. The SMILES string of the molecule is CCCCNc1ncc2c(n1)c(C1=CC[C@@H](O)CC1)cn2-c1ccc(S(=O)(=O)N2CCCCC2)cc1. The van der Waals surface area contributed by atoms with E-state index in [9.17, 15) is 13.5 Å². The number of aromatic nitrogens is 3. The standard InChI is InChI=1S/C27H35N5O3S/c1-2-3-15-28-27-29-18-25-26(30-27)24(20-7-11-22(33)12-8-20)19-32(25)21-9-13-23(14-10-21)36(34,35)31-16-5-4-6-17-31/h7,9-10,13-14,18-19,22,33H,2-6,8,11-12,15-17H2,1H3,(H,28,29,30)/t22-/m1/s1. The van der Waals surface area contributed by atoms with Gasteiger partial charge in [-0.15, -0.1) is 0 Å². The van der Waals surface area contributed by atoms with E-state index in [0.717, 1.165) is 73.8 Å². The van der Waals surface area contributed by atoms with Crippen LogP contribution in [-0.2, 0) is 10.0 Å². The van der Waals surface area contributed by atoms with E-state index in [2.05, 4.69) is 29.5 Å². The zero-order chi connectivity index (χ0) is 25.1. The van der Waals surface area contributed by atoms with Gasteiger partial charge in [0.1, 0.15) is 5.52 Å². The number of nitrogens with one attached hydrogen (secondary N) is 1. The molecule has 5 rings (SSSR count). The van der Waals surface area contributed by atoms with Gasteiger partial charge in [0, 0.05) is 37.1 Å². The van der Waals surface area contributed by atoms with Gasteiger partial charge in [-0.2, -0.15) is 4.31 Å². The second-order valence-corrected chi connectivity index (χ2v) is 11.7. The second kappa shape index (κ2) is 10.7. The van der Waals surface area contributed by atoms with E-state index in [1.54, 1.807) is 16.4 Å². The summed E-state index contributed by atoms with van der Waals surface area (Å²) in [4.78, 5) is 9.73. The first-order valence-corrected chi connectivity index (χ1v) is 14.5. The molecular formula is C27H35N5O3S. The number of benzene rings is 1. The topological polar surface area (TPSA) is 100 Å². The van der Waals surface area contributed by atoms with E-state index < -0.39 is 10.0 Å². The van der Waals surface area contributed by atoms with Gasteiger partial charge in [0.05, 0.1) is 22.7 Å². The quantitative estimate of drug-likeness (QED) is 0.426. The fourth-order valence-electron chi connectivity index (χ4n) is 5.02. The third-order valence-electron chi connectivity index (χ3n) is 7.15. The molecule has 1 atom stereocenters. The first-order valence-electron chi connectivity index (χ1n) is 13.1. The van der Waals surface area contributed by atoms with Crippen LogP contribution in [0.3, 0.4) is 0 Å². The summed E-state index contributed by atoms with van der Waals surface area (Å²) >= 11 is 0. The Balaban J connectivity index is 1.51. The minimum Gasteiger partial charge on any atom is -0.393 e. The van der Waals surface area contributed by atoms with Gasteiger partial charge in [-0.25, -0.2) is 18.4 Å². The zero-order valence-electron chi connectivity index (χ0n) is 20.9. The van der Waals surface area contributed by atoms with E-state index in [1.165, 1.54) is 5.57 Å². The van der Waals surface area contributed by atoms with Crippen LogP contribution in [0.5, 0.6) is 0 Å². The summed E-state index contributed by atoms with van der Waals surface area (Å²) in [5.41, 5.74) is 4.78. The van der Waals surface area contributed by atoms with Crippen molar-refractivity contribution in [2.24, 2.45) is 0 Å². The van der Waals surface area contributed by atoms with E-state index >= 15 is 0 Å². The molecule has 1 aliphatic heterocycles. The number of rotatable bonds is 8. The molecule has 2 aromatic heterocycles. The Labute approximate surface area is 213 Å². The lowest BCUT2D eigenvalue weighted by atomic mass is 9.93. The van der Waals surface area contributed by atoms with Gasteiger partial charge < -0.3 is 15.0 Å². The highest BCUT2D eigenvalue weighted by Gasteiger charge is 2.26. The number of anilines is 1. The molecule has 0 bridgehead atoms. The summed E-state index contributed by atoms with van der Waals surface area (Å²) < 4.78 is 29.8. The number of aliphatic hydroxyl groups is 1. The van der Waals surface area contributed by atoms with Gasteiger partial charge in [0.2, 0.25) is 16.0 Å². The summed E-state index contributed by atoms with van der Waals surface area (Å²) in [5.74, 6) is 0.606. The molecule has 0 saturated carbocycles. The number of allylic oxidation sites excluding steroid dienone is 1. The highest BCUT2D eigenvalue weighted by molar-refractivity contribution is 7.89. The van der Waals surface area contributed by atoms with Gasteiger partial charge in [0.15, 0.2) is 0 Å². The Morgan fingerprint density at radius 3 is 2.61 bits per heavy atom. The minimum atomic E-state index is -3.48. The van der Waals surface area contributed by atoms with Crippen LogP contribution in [0.4, 0.5) is 5.95 Å². The van der Waals surface area contributed by atoms with E-state index in [0.29, 0.717) is 30.4 Å². The molecule has 36 heavy (non-hydrogen) atoms. The first kappa shape index (κ1) is 24.9. The number of piperidine rings is 1. The lowest BCUT2D eigenvalue weighted by Gasteiger charge is -2.25. The van der Waals surface area contributed by atoms with Crippen LogP contribution in [0.2, 0.25) is 0 Å². The maximum Gasteiger partial charge on any atom is 0.243 e. The van der Waals surface area contributed by atoms with E-state index in [4.69, 9.17) is 4.98 Å². The Morgan fingerprint density at radius 2 is 1.92 bits per heavy atom. The van der Waals surface area contributed by atoms with Crippen molar-refractivity contribution < 1.29 is 13.5 Å². The normalized spacial score (nSPS) is 19.4. The van der Waals surface area contributed by atoms with Crippen molar-refractivity contribution in [2.45, 2.75) is 69.3 Å². The van der Waals surface area contributed by atoms with Gasteiger partial charge in [-0.1, -0.05) is 25.8 Å². The molecule has 1 aromatic carbocycles. The molecule has 3 heterocycles. The largest absolute Gasteiger partial charge is 0.393 e. The van der Waals surface area contributed by atoms with Crippen molar-refractivity contribution in [1.29, 1.82) is 0 Å². The van der Waals surface area contributed by atoms with Crippen LogP contribution in [-0.4, -0.2) is 58.1 Å². The molecular weight excluding hydrogens is 474 g/mol. The highest BCUT2D eigenvalue weighted by Crippen LogP contribution is 2.34. The predicted molar refractivity (Wildman–Crippen MR) is 143 cm³/mol. The molecule has 0 spiro atoms. The number of fused-ring (bicyclic) bond motifs is 1. The van der Waals surface area contributed by atoms with Gasteiger partial charge in [-0.3, -0.25) is 0 Å². The molecule has 1 saturated heterocycles. The van der Waals surface area contributed by atoms with E-state index in [1.807, 2.05) is 22.9 Å². The first-order chi connectivity index (χ1) is 17.5. The smallest absolute Gasteiger partial charge is 0.243 e. The molecule has 0 unspecified atom stereocenters.